The molecule has 0 bridgehead atoms. The first kappa shape index (κ1) is 19.0. The van der Waals surface area contributed by atoms with Gasteiger partial charge in [0.25, 0.3) is 5.91 Å². The van der Waals surface area contributed by atoms with Gasteiger partial charge < -0.3 is 14.6 Å². The molecular formula is C21H22N2O3S. The summed E-state index contributed by atoms with van der Waals surface area (Å²) in [5.41, 5.74) is 3.33. The lowest BCUT2D eigenvalue weighted by Crippen LogP contribution is -2.13. The SMILES string of the molecule is CCOc1ccc(NC(=O)c2ccccc2SCc2c(C)noc2C)cc1. The molecule has 0 radical (unpaired) electrons. The summed E-state index contributed by atoms with van der Waals surface area (Å²) in [7, 11) is 0. The Morgan fingerprint density at radius 2 is 1.89 bits per heavy atom. The molecule has 5 nitrogen and oxygen atoms in total. The van der Waals surface area contributed by atoms with Crippen molar-refractivity contribution in [1.29, 1.82) is 0 Å². The third kappa shape index (κ3) is 4.71. The monoisotopic (exact) mass is 382 g/mol. The van der Waals surface area contributed by atoms with Crippen LogP contribution in [-0.2, 0) is 5.75 Å². The lowest BCUT2D eigenvalue weighted by Gasteiger charge is -2.10. The van der Waals surface area contributed by atoms with E-state index in [-0.39, 0.29) is 5.91 Å². The Balaban J connectivity index is 1.71. The number of amides is 1. The number of rotatable bonds is 7. The van der Waals surface area contributed by atoms with E-state index in [1.54, 1.807) is 11.8 Å². The van der Waals surface area contributed by atoms with Crippen LogP contribution in [0.25, 0.3) is 0 Å². The van der Waals surface area contributed by atoms with Crippen LogP contribution < -0.4 is 10.1 Å². The molecule has 3 aromatic rings. The number of nitrogens with zero attached hydrogens (tertiary/aromatic N) is 1. The number of aryl methyl sites for hydroxylation is 2. The van der Waals surface area contributed by atoms with E-state index in [4.69, 9.17) is 9.26 Å². The van der Waals surface area contributed by atoms with E-state index in [0.29, 0.717) is 17.9 Å². The third-order valence-electron chi connectivity index (χ3n) is 4.11. The largest absolute Gasteiger partial charge is 0.494 e. The quantitative estimate of drug-likeness (QED) is 0.567. The van der Waals surface area contributed by atoms with Crippen molar-refractivity contribution < 1.29 is 14.1 Å². The molecule has 0 aliphatic rings. The first-order chi connectivity index (χ1) is 13.1. The lowest BCUT2D eigenvalue weighted by molar-refractivity contribution is 0.102. The highest BCUT2D eigenvalue weighted by Gasteiger charge is 2.14. The Hall–Kier alpha value is -2.73. The number of benzene rings is 2. The number of thioether (sulfide) groups is 1. The van der Waals surface area contributed by atoms with Crippen LogP contribution in [0, 0.1) is 13.8 Å². The maximum Gasteiger partial charge on any atom is 0.256 e. The summed E-state index contributed by atoms with van der Waals surface area (Å²) in [6.45, 7) is 6.38. The number of hydrogen-bond acceptors (Lipinski definition) is 5. The van der Waals surface area contributed by atoms with Crippen molar-refractivity contribution in [3.63, 3.8) is 0 Å². The van der Waals surface area contributed by atoms with Crippen LogP contribution in [0.4, 0.5) is 5.69 Å². The summed E-state index contributed by atoms with van der Waals surface area (Å²) in [5.74, 6) is 2.16. The van der Waals surface area contributed by atoms with Gasteiger partial charge >= 0.3 is 0 Å². The van der Waals surface area contributed by atoms with Gasteiger partial charge in [-0.15, -0.1) is 11.8 Å². The lowest BCUT2D eigenvalue weighted by atomic mass is 10.2. The molecule has 27 heavy (non-hydrogen) atoms. The van der Waals surface area contributed by atoms with Crippen molar-refractivity contribution in [2.24, 2.45) is 0 Å². The summed E-state index contributed by atoms with van der Waals surface area (Å²) in [4.78, 5) is 13.7. The standard InChI is InChI=1S/C21H22N2O3S/c1-4-25-17-11-9-16(10-12-17)22-21(24)18-7-5-6-8-20(18)27-13-19-14(2)23-26-15(19)3/h5-12H,4,13H2,1-3H3,(H,22,24). The van der Waals surface area contributed by atoms with Crippen molar-refractivity contribution in [3.8, 4) is 5.75 Å². The molecule has 1 heterocycles. The first-order valence-electron chi connectivity index (χ1n) is 8.76. The first-order valence-corrected chi connectivity index (χ1v) is 9.75. The highest BCUT2D eigenvalue weighted by molar-refractivity contribution is 7.98. The van der Waals surface area contributed by atoms with E-state index in [0.717, 1.165) is 33.4 Å². The molecule has 0 fully saturated rings. The maximum atomic E-state index is 12.8. The second-order valence-corrected chi connectivity index (χ2v) is 7.02. The van der Waals surface area contributed by atoms with Crippen molar-refractivity contribution in [1.82, 2.24) is 5.16 Å². The molecule has 1 aromatic heterocycles. The summed E-state index contributed by atoms with van der Waals surface area (Å²) >= 11 is 1.60. The highest BCUT2D eigenvalue weighted by Crippen LogP contribution is 2.29. The molecule has 1 amide bonds. The van der Waals surface area contributed by atoms with Gasteiger partial charge in [-0.1, -0.05) is 17.3 Å². The van der Waals surface area contributed by atoms with Crippen molar-refractivity contribution in [3.05, 3.63) is 71.1 Å². The second-order valence-electron chi connectivity index (χ2n) is 6.00. The van der Waals surface area contributed by atoms with E-state index in [1.807, 2.05) is 69.3 Å². The van der Waals surface area contributed by atoms with E-state index in [2.05, 4.69) is 10.5 Å². The summed E-state index contributed by atoms with van der Waals surface area (Å²) in [5, 5.41) is 6.93. The van der Waals surface area contributed by atoms with Crippen molar-refractivity contribution in [2.45, 2.75) is 31.4 Å². The third-order valence-corrected chi connectivity index (χ3v) is 5.21. The van der Waals surface area contributed by atoms with Crippen LogP contribution in [0.1, 0.15) is 34.3 Å². The molecule has 0 spiro atoms. The Bertz CT molecular complexity index is 900. The second kappa shape index (κ2) is 8.77. The Kier molecular flexibility index (Phi) is 6.19. The van der Waals surface area contributed by atoms with Crippen LogP contribution in [0.5, 0.6) is 5.75 Å². The molecule has 0 saturated carbocycles. The van der Waals surface area contributed by atoms with Gasteiger partial charge in [-0.05, 0) is 57.2 Å². The number of carbonyl (C=O) groups is 1. The molecule has 0 unspecified atom stereocenters. The fraction of sp³-hybridized carbons (Fsp3) is 0.238. The van der Waals surface area contributed by atoms with Gasteiger partial charge in [-0.2, -0.15) is 0 Å². The number of aromatic nitrogens is 1. The Morgan fingerprint density at radius 3 is 2.56 bits per heavy atom. The average Bonchev–Trinajstić information content (AvgIpc) is 3.00. The van der Waals surface area contributed by atoms with Gasteiger partial charge in [0, 0.05) is 21.9 Å². The van der Waals surface area contributed by atoms with Gasteiger partial charge in [-0.25, -0.2) is 0 Å². The number of carbonyl (C=O) groups excluding carboxylic acids is 1. The number of nitrogens with one attached hydrogen (secondary N) is 1. The van der Waals surface area contributed by atoms with Crippen LogP contribution in [0.15, 0.2) is 57.9 Å². The van der Waals surface area contributed by atoms with E-state index >= 15 is 0 Å². The van der Waals surface area contributed by atoms with Gasteiger partial charge in [0.05, 0.1) is 17.9 Å². The van der Waals surface area contributed by atoms with E-state index in [1.165, 1.54) is 0 Å². The minimum Gasteiger partial charge on any atom is -0.494 e. The number of ether oxygens (including phenoxy) is 1. The smallest absolute Gasteiger partial charge is 0.256 e. The van der Waals surface area contributed by atoms with Crippen molar-refractivity contribution in [2.75, 3.05) is 11.9 Å². The van der Waals surface area contributed by atoms with Crippen LogP contribution in [0.3, 0.4) is 0 Å². The highest BCUT2D eigenvalue weighted by atomic mass is 32.2. The molecule has 0 atom stereocenters. The molecule has 140 valence electrons. The van der Waals surface area contributed by atoms with Gasteiger partial charge in [-0.3, -0.25) is 4.79 Å². The molecule has 1 N–H and O–H groups in total. The zero-order chi connectivity index (χ0) is 19.2. The minimum absolute atomic E-state index is 0.138. The molecule has 3 rings (SSSR count). The normalized spacial score (nSPS) is 10.6. The van der Waals surface area contributed by atoms with Gasteiger partial charge in [0.15, 0.2) is 0 Å². The number of anilines is 1. The summed E-state index contributed by atoms with van der Waals surface area (Å²) in [6.07, 6.45) is 0. The Morgan fingerprint density at radius 1 is 1.15 bits per heavy atom. The predicted octanol–water partition coefficient (Wildman–Crippen LogP) is 5.23. The summed E-state index contributed by atoms with van der Waals surface area (Å²) in [6, 6.07) is 14.9. The average molecular weight is 382 g/mol. The molecule has 6 heteroatoms. The fourth-order valence-corrected chi connectivity index (χ4v) is 3.84. The molecular weight excluding hydrogens is 360 g/mol. The van der Waals surface area contributed by atoms with Gasteiger partial charge in [0.2, 0.25) is 0 Å². The minimum atomic E-state index is -0.138. The summed E-state index contributed by atoms with van der Waals surface area (Å²) < 4.78 is 10.6. The van der Waals surface area contributed by atoms with E-state index in [9.17, 15) is 4.79 Å². The molecule has 0 aliphatic heterocycles. The topological polar surface area (TPSA) is 64.4 Å². The van der Waals surface area contributed by atoms with Crippen LogP contribution in [0.2, 0.25) is 0 Å². The zero-order valence-corrected chi connectivity index (χ0v) is 16.4. The van der Waals surface area contributed by atoms with Crippen LogP contribution in [-0.4, -0.2) is 17.7 Å². The van der Waals surface area contributed by atoms with Crippen molar-refractivity contribution >= 4 is 23.4 Å². The van der Waals surface area contributed by atoms with Crippen LogP contribution >= 0.6 is 11.8 Å². The predicted molar refractivity (Wildman–Crippen MR) is 108 cm³/mol. The number of hydrogen-bond donors (Lipinski definition) is 1. The molecule has 2 aromatic carbocycles. The Labute approximate surface area is 163 Å². The molecule has 0 saturated heterocycles. The van der Waals surface area contributed by atoms with E-state index < -0.39 is 0 Å². The maximum absolute atomic E-state index is 12.8. The zero-order valence-electron chi connectivity index (χ0n) is 15.6. The molecule has 0 aliphatic carbocycles. The fourth-order valence-electron chi connectivity index (χ4n) is 2.64. The van der Waals surface area contributed by atoms with Gasteiger partial charge in [0.1, 0.15) is 11.5 Å².